The highest BCUT2D eigenvalue weighted by molar-refractivity contribution is 6.31. The quantitative estimate of drug-likeness (QED) is 0.664. The summed E-state index contributed by atoms with van der Waals surface area (Å²) in [5.74, 6) is 1.51. The third kappa shape index (κ3) is 5.24. The third-order valence-corrected chi connectivity index (χ3v) is 4.09. The molecule has 0 fully saturated rings. The highest BCUT2D eigenvalue weighted by Crippen LogP contribution is 2.14. The number of hydrogen-bond acceptors (Lipinski definition) is 4. The zero-order valence-corrected chi connectivity index (χ0v) is 14.4. The Labute approximate surface area is 151 Å². The maximum absolute atomic E-state index is 12.3. The largest absolute Gasteiger partial charge is 0.468 e. The summed E-state index contributed by atoms with van der Waals surface area (Å²) in [6.07, 6.45) is 3.25. The molecule has 1 amide bonds. The van der Waals surface area contributed by atoms with Crippen molar-refractivity contribution < 1.29 is 13.6 Å². The number of hydrogen-bond donors (Lipinski definition) is 1. The van der Waals surface area contributed by atoms with E-state index in [4.69, 9.17) is 20.4 Å². The lowest BCUT2D eigenvalue weighted by Gasteiger charge is -2.19. The standard InChI is InChI=1S/C19H19ClN2O3/c20-18-8-2-1-5-15(18)11-21-19(23)14-22(12-16-6-3-9-24-16)13-17-7-4-10-25-17/h1-10H,11-14H2,(H,21,23). The fourth-order valence-electron chi connectivity index (χ4n) is 2.51. The molecule has 0 saturated carbocycles. The van der Waals surface area contributed by atoms with Crippen LogP contribution in [0, 0.1) is 0 Å². The highest BCUT2D eigenvalue weighted by atomic mass is 35.5. The summed E-state index contributed by atoms with van der Waals surface area (Å²) in [7, 11) is 0. The average molecular weight is 359 g/mol. The van der Waals surface area contributed by atoms with Crippen LogP contribution >= 0.6 is 11.6 Å². The fourth-order valence-corrected chi connectivity index (χ4v) is 2.71. The molecule has 2 aromatic heterocycles. The van der Waals surface area contributed by atoms with E-state index in [0.29, 0.717) is 24.7 Å². The first-order valence-electron chi connectivity index (χ1n) is 7.98. The Morgan fingerprint density at radius 3 is 2.16 bits per heavy atom. The number of carbonyl (C=O) groups excluding carboxylic acids is 1. The van der Waals surface area contributed by atoms with Crippen molar-refractivity contribution in [1.82, 2.24) is 10.2 Å². The van der Waals surface area contributed by atoms with Crippen LogP contribution in [0.3, 0.4) is 0 Å². The second kappa shape index (κ2) is 8.55. The van der Waals surface area contributed by atoms with Gasteiger partial charge in [-0.1, -0.05) is 29.8 Å². The molecule has 0 aliphatic heterocycles. The number of amides is 1. The van der Waals surface area contributed by atoms with Gasteiger partial charge in [-0.05, 0) is 35.9 Å². The van der Waals surface area contributed by atoms with Crippen molar-refractivity contribution in [1.29, 1.82) is 0 Å². The summed E-state index contributed by atoms with van der Waals surface area (Å²) in [5.41, 5.74) is 0.890. The van der Waals surface area contributed by atoms with Crippen molar-refractivity contribution in [2.45, 2.75) is 19.6 Å². The molecule has 6 heteroatoms. The van der Waals surface area contributed by atoms with Crippen molar-refractivity contribution in [2.24, 2.45) is 0 Å². The molecule has 25 heavy (non-hydrogen) atoms. The highest BCUT2D eigenvalue weighted by Gasteiger charge is 2.15. The minimum absolute atomic E-state index is 0.0852. The van der Waals surface area contributed by atoms with Gasteiger partial charge >= 0.3 is 0 Å². The molecule has 1 N–H and O–H groups in total. The van der Waals surface area contributed by atoms with Crippen LogP contribution in [-0.2, 0) is 24.4 Å². The molecule has 5 nitrogen and oxygen atoms in total. The first kappa shape index (κ1) is 17.3. The van der Waals surface area contributed by atoms with E-state index in [2.05, 4.69) is 5.32 Å². The lowest BCUT2D eigenvalue weighted by molar-refractivity contribution is -0.122. The van der Waals surface area contributed by atoms with Gasteiger partial charge in [0.15, 0.2) is 0 Å². The molecule has 0 aliphatic carbocycles. The maximum Gasteiger partial charge on any atom is 0.234 e. The van der Waals surface area contributed by atoms with E-state index >= 15 is 0 Å². The molecule has 1 aromatic carbocycles. The third-order valence-electron chi connectivity index (χ3n) is 3.72. The second-order valence-corrected chi connectivity index (χ2v) is 6.08. The predicted octanol–water partition coefficient (Wildman–Crippen LogP) is 3.84. The Hall–Kier alpha value is -2.50. The van der Waals surface area contributed by atoms with E-state index in [0.717, 1.165) is 17.1 Å². The first-order chi connectivity index (χ1) is 12.2. The molecular formula is C19H19ClN2O3. The smallest absolute Gasteiger partial charge is 0.234 e. The normalized spacial score (nSPS) is 11.0. The van der Waals surface area contributed by atoms with Gasteiger partial charge in [0.05, 0.1) is 32.2 Å². The lowest BCUT2D eigenvalue weighted by atomic mass is 10.2. The fraction of sp³-hybridized carbons (Fsp3) is 0.211. The zero-order chi connectivity index (χ0) is 17.5. The van der Waals surface area contributed by atoms with Crippen LogP contribution in [0.25, 0.3) is 0 Å². The molecule has 2 heterocycles. The molecular weight excluding hydrogens is 340 g/mol. The lowest BCUT2D eigenvalue weighted by Crippen LogP contribution is -2.36. The maximum atomic E-state index is 12.3. The van der Waals surface area contributed by atoms with E-state index in [1.165, 1.54) is 0 Å². The Balaban J connectivity index is 1.58. The van der Waals surface area contributed by atoms with Gasteiger partial charge in [0.2, 0.25) is 5.91 Å². The SMILES string of the molecule is O=C(CN(Cc1ccco1)Cc1ccco1)NCc1ccccc1Cl. The summed E-state index contributed by atoms with van der Waals surface area (Å²) in [6.45, 7) is 1.67. The molecule has 0 radical (unpaired) electrons. The Kier molecular flexibility index (Phi) is 5.93. The molecule has 0 spiro atoms. The van der Waals surface area contributed by atoms with E-state index in [1.807, 2.05) is 53.4 Å². The van der Waals surface area contributed by atoms with Crippen LogP contribution in [0.15, 0.2) is 69.9 Å². The number of rotatable bonds is 8. The topological polar surface area (TPSA) is 58.6 Å². The summed E-state index contributed by atoms with van der Waals surface area (Å²) >= 11 is 6.12. The number of furan rings is 2. The van der Waals surface area contributed by atoms with Crippen molar-refractivity contribution in [3.63, 3.8) is 0 Å². The van der Waals surface area contributed by atoms with Gasteiger partial charge in [0.25, 0.3) is 0 Å². The average Bonchev–Trinajstić information content (AvgIpc) is 3.28. The van der Waals surface area contributed by atoms with Crippen molar-refractivity contribution in [3.05, 3.63) is 83.2 Å². The van der Waals surface area contributed by atoms with Crippen LogP contribution in [0.2, 0.25) is 5.02 Å². The first-order valence-corrected chi connectivity index (χ1v) is 8.36. The molecule has 0 unspecified atom stereocenters. The zero-order valence-electron chi connectivity index (χ0n) is 13.7. The molecule has 0 bridgehead atoms. The van der Waals surface area contributed by atoms with Crippen LogP contribution in [0.5, 0.6) is 0 Å². The Bertz CT molecular complexity index is 749. The minimum Gasteiger partial charge on any atom is -0.468 e. The second-order valence-electron chi connectivity index (χ2n) is 5.67. The molecule has 0 atom stereocenters. The van der Waals surface area contributed by atoms with Gasteiger partial charge in [0, 0.05) is 11.6 Å². The van der Waals surface area contributed by atoms with Gasteiger partial charge in [0.1, 0.15) is 11.5 Å². The van der Waals surface area contributed by atoms with Crippen LogP contribution < -0.4 is 5.32 Å². The Morgan fingerprint density at radius 1 is 0.960 bits per heavy atom. The predicted molar refractivity (Wildman–Crippen MR) is 94.8 cm³/mol. The Morgan fingerprint density at radius 2 is 1.60 bits per heavy atom. The summed E-state index contributed by atoms with van der Waals surface area (Å²) in [6, 6.07) is 14.9. The molecule has 3 rings (SSSR count). The monoisotopic (exact) mass is 358 g/mol. The summed E-state index contributed by atoms with van der Waals surface area (Å²) in [5, 5.41) is 3.55. The van der Waals surface area contributed by atoms with Crippen molar-refractivity contribution in [2.75, 3.05) is 6.54 Å². The van der Waals surface area contributed by atoms with Crippen molar-refractivity contribution >= 4 is 17.5 Å². The number of halogens is 1. The molecule has 130 valence electrons. The van der Waals surface area contributed by atoms with E-state index in [-0.39, 0.29) is 12.5 Å². The van der Waals surface area contributed by atoms with E-state index in [9.17, 15) is 4.79 Å². The number of nitrogens with one attached hydrogen (secondary N) is 1. The number of carbonyl (C=O) groups is 1. The van der Waals surface area contributed by atoms with Gasteiger partial charge in [-0.2, -0.15) is 0 Å². The minimum atomic E-state index is -0.0852. The van der Waals surface area contributed by atoms with E-state index in [1.54, 1.807) is 12.5 Å². The molecule has 0 aliphatic rings. The van der Waals surface area contributed by atoms with Crippen LogP contribution in [0.4, 0.5) is 0 Å². The van der Waals surface area contributed by atoms with Gasteiger partial charge in [-0.3, -0.25) is 9.69 Å². The van der Waals surface area contributed by atoms with Gasteiger partial charge in [-0.15, -0.1) is 0 Å². The molecule has 0 saturated heterocycles. The number of nitrogens with zero attached hydrogens (tertiary/aromatic N) is 1. The van der Waals surface area contributed by atoms with Gasteiger partial charge < -0.3 is 14.2 Å². The number of benzene rings is 1. The van der Waals surface area contributed by atoms with Crippen molar-refractivity contribution in [3.8, 4) is 0 Å². The summed E-state index contributed by atoms with van der Waals surface area (Å²) < 4.78 is 10.8. The van der Waals surface area contributed by atoms with Crippen LogP contribution in [-0.4, -0.2) is 17.4 Å². The summed E-state index contributed by atoms with van der Waals surface area (Å²) in [4.78, 5) is 14.3. The van der Waals surface area contributed by atoms with Gasteiger partial charge in [-0.25, -0.2) is 0 Å². The molecule has 3 aromatic rings. The van der Waals surface area contributed by atoms with E-state index < -0.39 is 0 Å². The van der Waals surface area contributed by atoms with Crippen LogP contribution in [0.1, 0.15) is 17.1 Å².